The SMILES string of the molecule is CC(C)C[C@H](N)C(=O)NCC(c1ccccc1)N1CCc2sccc2C1. The Kier molecular flexibility index (Phi) is 6.46. The van der Waals surface area contributed by atoms with Crippen molar-refractivity contribution in [2.75, 3.05) is 13.1 Å². The van der Waals surface area contributed by atoms with E-state index >= 15 is 0 Å². The molecule has 1 aromatic carbocycles. The smallest absolute Gasteiger partial charge is 0.236 e. The zero-order valence-corrected chi connectivity index (χ0v) is 16.5. The van der Waals surface area contributed by atoms with Crippen molar-refractivity contribution in [3.63, 3.8) is 0 Å². The van der Waals surface area contributed by atoms with Crippen molar-refractivity contribution in [3.8, 4) is 0 Å². The van der Waals surface area contributed by atoms with Gasteiger partial charge in [-0.3, -0.25) is 9.69 Å². The molecule has 3 rings (SSSR count). The lowest BCUT2D eigenvalue weighted by Crippen LogP contribution is -2.46. The average molecular weight is 372 g/mol. The van der Waals surface area contributed by atoms with Crippen LogP contribution in [0.2, 0.25) is 0 Å². The number of nitrogens with zero attached hydrogens (tertiary/aromatic N) is 1. The van der Waals surface area contributed by atoms with Crippen molar-refractivity contribution >= 4 is 17.2 Å². The lowest BCUT2D eigenvalue weighted by atomic mass is 10.0. The number of hydrogen-bond donors (Lipinski definition) is 2. The average Bonchev–Trinajstić information content (AvgIpc) is 3.10. The zero-order valence-electron chi connectivity index (χ0n) is 15.7. The van der Waals surface area contributed by atoms with E-state index in [-0.39, 0.29) is 11.9 Å². The molecule has 2 heterocycles. The fraction of sp³-hybridized carbons (Fsp3) is 0.476. The first-order valence-corrected chi connectivity index (χ1v) is 10.3. The van der Waals surface area contributed by atoms with Gasteiger partial charge in [0.25, 0.3) is 0 Å². The third kappa shape index (κ3) is 4.72. The third-order valence-corrected chi connectivity index (χ3v) is 6.02. The van der Waals surface area contributed by atoms with Crippen LogP contribution in [-0.4, -0.2) is 29.9 Å². The quantitative estimate of drug-likeness (QED) is 0.785. The molecular formula is C21H29N3OS. The predicted molar refractivity (Wildman–Crippen MR) is 108 cm³/mol. The van der Waals surface area contributed by atoms with Gasteiger partial charge in [-0.15, -0.1) is 11.3 Å². The van der Waals surface area contributed by atoms with Crippen molar-refractivity contribution in [1.82, 2.24) is 10.2 Å². The number of carbonyl (C=O) groups is 1. The van der Waals surface area contributed by atoms with E-state index in [4.69, 9.17) is 5.73 Å². The zero-order chi connectivity index (χ0) is 18.5. The first kappa shape index (κ1) is 19.1. The summed E-state index contributed by atoms with van der Waals surface area (Å²) >= 11 is 1.85. The fourth-order valence-electron chi connectivity index (χ4n) is 3.61. The molecule has 2 atom stereocenters. The van der Waals surface area contributed by atoms with Gasteiger partial charge in [0.2, 0.25) is 5.91 Å². The van der Waals surface area contributed by atoms with E-state index < -0.39 is 6.04 Å². The van der Waals surface area contributed by atoms with Gasteiger partial charge in [0.05, 0.1) is 12.1 Å². The number of fused-ring (bicyclic) bond motifs is 1. The topological polar surface area (TPSA) is 58.4 Å². The molecule has 1 amide bonds. The summed E-state index contributed by atoms with van der Waals surface area (Å²) in [6.45, 7) is 6.72. The molecule has 1 aliphatic rings. The Morgan fingerprint density at radius 2 is 2.04 bits per heavy atom. The molecule has 0 bridgehead atoms. The van der Waals surface area contributed by atoms with Gasteiger partial charge in [-0.05, 0) is 41.3 Å². The third-order valence-electron chi connectivity index (χ3n) is 4.99. The van der Waals surface area contributed by atoms with E-state index in [1.54, 1.807) is 0 Å². The van der Waals surface area contributed by atoms with Gasteiger partial charge in [-0.1, -0.05) is 44.2 Å². The minimum atomic E-state index is -0.434. The van der Waals surface area contributed by atoms with Crippen LogP contribution < -0.4 is 11.1 Å². The molecule has 0 fully saturated rings. The Morgan fingerprint density at radius 3 is 2.77 bits per heavy atom. The maximum absolute atomic E-state index is 12.4. The second kappa shape index (κ2) is 8.80. The minimum Gasteiger partial charge on any atom is -0.353 e. The van der Waals surface area contributed by atoms with Crippen LogP contribution in [0.3, 0.4) is 0 Å². The van der Waals surface area contributed by atoms with E-state index in [1.165, 1.54) is 16.0 Å². The summed E-state index contributed by atoms with van der Waals surface area (Å²) in [6.07, 6.45) is 1.79. The van der Waals surface area contributed by atoms with Crippen LogP contribution in [0.5, 0.6) is 0 Å². The molecule has 140 valence electrons. The number of nitrogens with one attached hydrogen (secondary N) is 1. The molecule has 26 heavy (non-hydrogen) atoms. The Balaban J connectivity index is 1.70. The highest BCUT2D eigenvalue weighted by Crippen LogP contribution is 2.30. The molecular weight excluding hydrogens is 342 g/mol. The number of nitrogens with two attached hydrogens (primary N) is 1. The number of rotatable bonds is 7. The van der Waals surface area contributed by atoms with Gasteiger partial charge in [-0.2, -0.15) is 0 Å². The van der Waals surface area contributed by atoms with E-state index in [1.807, 2.05) is 17.4 Å². The van der Waals surface area contributed by atoms with Crippen molar-refractivity contribution < 1.29 is 4.79 Å². The van der Waals surface area contributed by atoms with Gasteiger partial charge < -0.3 is 11.1 Å². The van der Waals surface area contributed by atoms with E-state index in [0.29, 0.717) is 18.9 Å². The van der Waals surface area contributed by atoms with Crippen LogP contribution in [0.1, 0.15) is 42.3 Å². The summed E-state index contributed by atoms with van der Waals surface area (Å²) in [6, 6.07) is 12.4. The largest absolute Gasteiger partial charge is 0.353 e. The standard InChI is InChI=1S/C21H29N3OS/c1-15(2)12-18(22)21(25)23-13-19(16-6-4-3-5-7-16)24-10-8-20-17(14-24)9-11-26-20/h3-7,9,11,15,18-19H,8,10,12-14,22H2,1-2H3,(H,23,25)/t18-,19?/m0/s1. The van der Waals surface area contributed by atoms with E-state index in [9.17, 15) is 4.79 Å². The van der Waals surface area contributed by atoms with Gasteiger partial charge in [0.1, 0.15) is 0 Å². The molecule has 1 unspecified atom stereocenters. The molecule has 0 spiro atoms. The molecule has 0 radical (unpaired) electrons. The summed E-state index contributed by atoms with van der Waals surface area (Å²) in [7, 11) is 0. The van der Waals surface area contributed by atoms with Gasteiger partial charge in [0, 0.05) is 24.5 Å². The molecule has 0 saturated carbocycles. The second-order valence-corrected chi connectivity index (χ2v) is 8.50. The van der Waals surface area contributed by atoms with Crippen molar-refractivity contribution in [2.24, 2.45) is 11.7 Å². The molecule has 1 aromatic heterocycles. The maximum atomic E-state index is 12.4. The first-order valence-electron chi connectivity index (χ1n) is 9.42. The van der Waals surface area contributed by atoms with Gasteiger partial charge in [0.15, 0.2) is 0 Å². The lowest BCUT2D eigenvalue weighted by molar-refractivity contribution is -0.123. The van der Waals surface area contributed by atoms with Gasteiger partial charge in [-0.25, -0.2) is 0 Å². The first-order chi connectivity index (χ1) is 12.5. The molecule has 1 aliphatic heterocycles. The number of carbonyl (C=O) groups excluding carboxylic acids is 1. The van der Waals surface area contributed by atoms with Crippen LogP contribution in [0, 0.1) is 5.92 Å². The number of benzene rings is 1. The number of hydrogen-bond acceptors (Lipinski definition) is 4. The summed E-state index contributed by atoms with van der Waals surface area (Å²) in [5.41, 5.74) is 8.71. The predicted octanol–water partition coefficient (Wildman–Crippen LogP) is 3.34. The van der Waals surface area contributed by atoms with E-state index in [0.717, 1.165) is 19.5 Å². The summed E-state index contributed by atoms with van der Waals surface area (Å²) in [5, 5.41) is 5.28. The summed E-state index contributed by atoms with van der Waals surface area (Å²) in [4.78, 5) is 16.4. The van der Waals surface area contributed by atoms with E-state index in [2.05, 4.69) is 59.8 Å². The second-order valence-electron chi connectivity index (χ2n) is 7.50. The van der Waals surface area contributed by atoms with Crippen LogP contribution in [-0.2, 0) is 17.8 Å². The van der Waals surface area contributed by atoms with Crippen LogP contribution in [0.4, 0.5) is 0 Å². The molecule has 2 aromatic rings. The Bertz CT molecular complexity index is 713. The Morgan fingerprint density at radius 1 is 1.27 bits per heavy atom. The van der Waals surface area contributed by atoms with Gasteiger partial charge >= 0.3 is 0 Å². The number of thiophene rings is 1. The fourth-order valence-corrected chi connectivity index (χ4v) is 4.50. The molecule has 3 N–H and O–H groups in total. The highest BCUT2D eigenvalue weighted by atomic mass is 32.1. The maximum Gasteiger partial charge on any atom is 0.236 e. The van der Waals surface area contributed by atoms with Crippen LogP contribution in [0.15, 0.2) is 41.8 Å². The molecule has 0 saturated heterocycles. The molecule has 5 heteroatoms. The summed E-state index contributed by atoms with van der Waals surface area (Å²) in [5.74, 6) is 0.368. The Hall–Kier alpha value is -1.69. The normalized spacial score (nSPS) is 16.9. The van der Waals surface area contributed by atoms with Crippen LogP contribution >= 0.6 is 11.3 Å². The molecule has 0 aliphatic carbocycles. The lowest BCUT2D eigenvalue weighted by Gasteiger charge is -2.35. The van der Waals surface area contributed by atoms with Crippen molar-refractivity contribution in [1.29, 1.82) is 0 Å². The summed E-state index contributed by atoms with van der Waals surface area (Å²) < 4.78 is 0. The molecule has 4 nitrogen and oxygen atoms in total. The van der Waals surface area contributed by atoms with Crippen molar-refractivity contribution in [2.45, 2.75) is 45.3 Å². The number of amides is 1. The van der Waals surface area contributed by atoms with Crippen molar-refractivity contribution in [3.05, 3.63) is 57.8 Å². The highest BCUT2D eigenvalue weighted by Gasteiger charge is 2.26. The minimum absolute atomic E-state index is 0.0483. The Labute approximate surface area is 160 Å². The monoisotopic (exact) mass is 371 g/mol. The van der Waals surface area contributed by atoms with Crippen LogP contribution in [0.25, 0.3) is 0 Å². The highest BCUT2D eigenvalue weighted by molar-refractivity contribution is 7.10.